The van der Waals surface area contributed by atoms with Crippen molar-refractivity contribution < 1.29 is 4.74 Å². The van der Waals surface area contributed by atoms with Crippen molar-refractivity contribution in [3.63, 3.8) is 0 Å². The summed E-state index contributed by atoms with van der Waals surface area (Å²) >= 11 is 0. The van der Waals surface area contributed by atoms with Crippen LogP contribution in [0.4, 0.5) is 0 Å². The minimum atomic E-state index is 0.166. The second kappa shape index (κ2) is 5.73. The number of benzene rings is 1. The van der Waals surface area contributed by atoms with Gasteiger partial charge in [0.15, 0.2) is 5.96 Å². The molecule has 2 aliphatic rings. The lowest BCUT2D eigenvalue weighted by Crippen LogP contribution is -2.39. The predicted octanol–water partition coefficient (Wildman–Crippen LogP) is 1.95. The van der Waals surface area contributed by atoms with Crippen molar-refractivity contribution in [2.75, 3.05) is 13.1 Å². The average molecular weight is 273 g/mol. The number of hydrogen-bond acceptors (Lipinski definition) is 2. The normalized spacial score (nSPS) is 27.7. The zero-order valence-electron chi connectivity index (χ0n) is 12.2. The molecular formula is C16H23N3O. The van der Waals surface area contributed by atoms with Gasteiger partial charge in [0.1, 0.15) is 11.9 Å². The standard InChI is InChI=1S/C16H23N3O/c1-3-17-16(19-14-8-11(14)2)18-10-13-9-12-6-4-5-7-15(12)20-13/h4-7,11,13-14H,3,8-10H2,1-2H3,(H2,17,18,19). The molecule has 0 spiro atoms. The highest BCUT2D eigenvalue weighted by atomic mass is 16.5. The molecule has 1 saturated carbocycles. The van der Waals surface area contributed by atoms with Gasteiger partial charge >= 0.3 is 0 Å². The number of fused-ring (bicyclic) bond motifs is 1. The first-order valence-corrected chi connectivity index (χ1v) is 7.55. The van der Waals surface area contributed by atoms with E-state index in [0.717, 1.165) is 30.6 Å². The van der Waals surface area contributed by atoms with Crippen LogP contribution in [0.25, 0.3) is 0 Å². The highest BCUT2D eigenvalue weighted by Crippen LogP contribution is 2.29. The second-order valence-corrected chi connectivity index (χ2v) is 5.74. The van der Waals surface area contributed by atoms with Crippen molar-refractivity contribution in [2.45, 2.75) is 38.8 Å². The summed E-state index contributed by atoms with van der Waals surface area (Å²) in [5.41, 5.74) is 1.29. The molecule has 1 heterocycles. The van der Waals surface area contributed by atoms with E-state index in [-0.39, 0.29) is 6.10 Å². The van der Waals surface area contributed by atoms with Crippen LogP contribution in [-0.2, 0) is 6.42 Å². The third-order valence-corrected chi connectivity index (χ3v) is 3.94. The van der Waals surface area contributed by atoms with Crippen molar-refractivity contribution in [2.24, 2.45) is 10.9 Å². The van der Waals surface area contributed by atoms with E-state index in [1.807, 2.05) is 12.1 Å². The highest BCUT2D eigenvalue weighted by Gasteiger charge is 2.33. The lowest BCUT2D eigenvalue weighted by molar-refractivity contribution is 0.241. The van der Waals surface area contributed by atoms with Crippen LogP contribution in [0.5, 0.6) is 5.75 Å². The Morgan fingerprint density at radius 1 is 1.40 bits per heavy atom. The zero-order chi connectivity index (χ0) is 13.9. The molecule has 0 radical (unpaired) electrons. The number of nitrogens with zero attached hydrogens (tertiary/aromatic N) is 1. The fourth-order valence-corrected chi connectivity index (χ4v) is 2.57. The first-order chi connectivity index (χ1) is 9.76. The number of aliphatic imine (C=N–C) groups is 1. The molecule has 1 fully saturated rings. The van der Waals surface area contributed by atoms with Gasteiger partial charge in [-0.3, -0.25) is 0 Å². The molecule has 4 heteroatoms. The van der Waals surface area contributed by atoms with E-state index in [4.69, 9.17) is 4.74 Å². The van der Waals surface area contributed by atoms with E-state index < -0.39 is 0 Å². The fraction of sp³-hybridized carbons (Fsp3) is 0.562. The van der Waals surface area contributed by atoms with Crippen LogP contribution < -0.4 is 15.4 Å². The maximum atomic E-state index is 5.91. The number of para-hydroxylation sites is 1. The lowest BCUT2D eigenvalue weighted by Gasteiger charge is -2.13. The molecule has 0 saturated heterocycles. The van der Waals surface area contributed by atoms with Gasteiger partial charge in [-0.25, -0.2) is 4.99 Å². The van der Waals surface area contributed by atoms with Crippen molar-refractivity contribution in [3.8, 4) is 5.75 Å². The monoisotopic (exact) mass is 273 g/mol. The molecule has 3 rings (SSSR count). The van der Waals surface area contributed by atoms with Gasteiger partial charge in [-0.2, -0.15) is 0 Å². The summed E-state index contributed by atoms with van der Waals surface area (Å²) in [6, 6.07) is 8.84. The quantitative estimate of drug-likeness (QED) is 0.651. The molecule has 0 bridgehead atoms. The van der Waals surface area contributed by atoms with E-state index in [2.05, 4.69) is 41.6 Å². The number of guanidine groups is 1. The number of nitrogens with one attached hydrogen (secondary N) is 2. The molecule has 0 amide bonds. The van der Waals surface area contributed by atoms with Crippen molar-refractivity contribution in [1.29, 1.82) is 0 Å². The van der Waals surface area contributed by atoms with Gasteiger partial charge < -0.3 is 15.4 Å². The summed E-state index contributed by atoms with van der Waals surface area (Å²) in [7, 11) is 0. The number of rotatable bonds is 4. The molecule has 1 aliphatic carbocycles. The topological polar surface area (TPSA) is 45.7 Å². The molecule has 1 aliphatic heterocycles. The molecular weight excluding hydrogens is 250 g/mol. The van der Waals surface area contributed by atoms with Crippen LogP contribution in [0.15, 0.2) is 29.3 Å². The van der Waals surface area contributed by atoms with Crippen molar-refractivity contribution >= 4 is 5.96 Å². The Hall–Kier alpha value is -1.71. The molecule has 1 aromatic carbocycles. The summed E-state index contributed by atoms with van der Waals surface area (Å²) in [6.45, 7) is 5.94. The summed E-state index contributed by atoms with van der Waals surface area (Å²) in [5.74, 6) is 2.70. The van der Waals surface area contributed by atoms with E-state index in [1.165, 1.54) is 12.0 Å². The van der Waals surface area contributed by atoms with Crippen LogP contribution in [-0.4, -0.2) is 31.2 Å². The van der Waals surface area contributed by atoms with Crippen LogP contribution in [0, 0.1) is 5.92 Å². The third kappa shape index (κ3) is 3.06. The van der Waals surface area contributed by atoms with E-state index in [0.29, 0.717) is 12.6 Å². The van der Waals surface area contributed by atoms with Crippen LogP contribution >= 0.6 is 0 Å². The zero-order valence-corrected chi connectivity index (χ0v) is 12.2. The van der Waals surface area contributed by atoms with E-state index in [9.17, 15) is 0 Å². The molecule has 20 heavy (non-hydrogen) atoms. The van der Waals surface area contributed by atoms with Gasteiger partial charge in [0.25, 0.3) is 0 Å². The Morgan fingerprint density at radius 3 is 2.90 bits per heavy atom. The third-order valence-electron chi connectivity index (χ3n) is 3.94. The van der Waals surface area contributed by atoms with Gasteiger partial charge in [0.05, 0.1) is 6.54 Å². The van der Waals surface area contributed by atoms with Gasteiger partial charge in [-0.15, -0.1) is 0 Å². The van der Waals surface area contributed by atoms with Crippen molar-refractivity contribution in [1.82, 2.24) is 10.6 Å². The van der Waals surface area contributed by atoms with Gasteiger partial charge in [-0.05, 0) is 30.9 Å². The smallest absolute Gasteiger partial charge is 0.191 e. The van der Waals surface area contributed by atoms with Crippen LogP contribution in [0.1, 0.15) is 25.8 Å². The van der Waals surface area contributed by atoms with Gasteiger partial charge in [-0.1, -0.05) is 25.1 Å². The van der Waals surface area contributed by atoms with E-state index >= 15 is 0 Å². The molecule has 108 valence electrons. The summed E-state index contributed by atoms with van der Waals surface area (Å²) in [6.07, 6.45) is 2.37. The minimum Gasteiger partial charge on any atom is -0.488 e. The van der Waals surface area contributed by atoms with E-state index in [1.54, 1.807) is 0 Å². The summed E-state index contributed by atoms with van der Waals surface area (Å²) in [4.78, 5) is 4.66. The van der Waals surface area contributed by atoms with Gasteiger partial charge in [0, 0.05) is 19.0 Å². The van der Waals surface area contributed by atoms with Crippen molar-refractivity contribution in [3.05, 3.63) is 29.8 Å². The highest BCUT2D eigenvalue weighted by molar-refractivity contribution is 5.80. The molecule has 3 atom stereocenters. The Kier molecular flexibility index (Phi) is 3.81. The Morgan fingerprint density at radius 2 is 2.20 bits per heavy atom. The maximum absolute atomic E-state index is 5.91. The first kappa shape index (κ1) is 13.3. The number of ether oxygens (including phenoxy) is 1. The van der Waals surface area contributed by atoms with Crippen LogP contribution in [0.2, 0.25) is 0 Å². The second-order valence-electron chi connectivity index (χ2n) is 5.74. The molecule has 2 N–H and O–H groups in total. The lowest BCUT2D eigenvalue weighted by atomic mass is 10.1. The minimum absolute atomic E-state index is 0.166. The predicted molar refractivity (Wildman–Crippen MR) is 81.2 cm³/mol. The molecule has 3 unspecified atom stereocenters. The van der Waals surface area contributed by atoms with Gasteiger partial charge in [0.2, 0.25) is 0 Å². The summed E-state index contributed by atoms with van der Waals surface area (Å²) in [5, 5.41) is 6.77. The summed E-state index contributed by atoms with van der Waals surface area (Å²) < 4.78 is 5.91. The Bertz CT molecular complexity index is 475. The molecule has 4 nitrogen and oxygen atoms in total. The first-order valence-electron chi connectivity index (χ1n) is 7.55. The maximum Gasteiger partial charge on any atom is 0.191 e. The molecule has 0 aromatic heterocycles. The molecule has 1 aromatic rings. The largest absolute Gasteiger partial charge is 0.488 e. The average Bonchev–Trinajstić information content (AvgIpc) is 2.99. The fourth-order valence-electron chi connectivity index (χ4n) is 2.57. The van der Waals surface area contributed by atoms with Crippen LogP contribution in [0.3, 0.4) is 0 Å². The Balaban J connectivity index is 1.55. The number of hydrogen-bond donors (Lipinski definition) is 2. The SMILES string of the molecule is CCNC(=NCC1Cc2ccccc2O1)NC1CC1C. The Labute approximate surface area is 120 Å².